The molecule has 3 aliphatic carbocycles. The summed E-state index contributed by atoms with van der Waals surface area (Å²) in [5.74, 6) is 1.89. The Labute approximate surface area is 247 Å². The maximum atomic E-state index is 13.4. The Morgan fingerprint density at radius 2 is 1.78 bits per heavy atom. The second-order valence-electron chi connectivity index (χ2n) is 12.6. The van der Waals surface area contributed by atoms with Crippen LogP contribution >= 0.6 is 11.6 Å². The van der Waals surface area contributed by atoms with Crippen LogP contribution in [0.1, 0.15) is 87.4 Å². The van der Waals surface area contributed by atoms with Crippen LogP contribution in [0.15, 0.2) is 36.5 Å². The number of ketones is 1. The number of phenols is 1. The van der Waals surface area contributed by atoms with Crippen molar-refractivity contribution < 1.29 is 19.7 Å². The zero-order valence-electron chi connectivity index (χ0n) is 23.9. The molecule has 41 heavy (non-hydrogen) atoms. The number of fused-ring (bicyclic) bond motifs is 1. The Hall–Kier alpha value is -2.83. The first-order valence-electron chi connectivity index (χ1n) is 15.4. The van der Waals surface area contributed by atoms with Crippen LogP contribution in [0.2, 0.25) is 5.02 Å². The van der Waals surface area contributed by atoms with Crippen molar-refractivity contribution in [2.75, 3.05) is 12.4 Å². The monoisotopic (exact) mass is 576 g/mol. The molecule has 3 saturated carbocycles. The molecule has 6 nitrogen and oxygen atoms in total. The smallest absolute Gasteiger partial charge is 0.176 e. The number of halogens is 1. The number of nitrogens with zero attached hydrogens (tertiary/aromatic N) is 1. The molecule has 0 amide bonds. The summed E-state index contributed by atoms with van der Waals surface area (Å²) in [6.07, 6.45) is 14.9. The van der Waals surface area contributed by atoms with E-state index in [1.54, 1.807) is 18.3 Å². The molecule has 0 radical (unpaired) electrons. The third-order valence-electron chi connectivity index (χ3n) is 9.53. The van der Waals surface area contributed by atoms with Gasteiger partial charge in [0.2, 0.25) is 0 Å². The number of nitrogens with one attached hydrogen (secondary N) is 1. The lowest BCUT2D eigenvalue weighted by Crippen LogP contribution is -2.28. The maximum absolute atomic E-state index is 13.4. The van der Waals surface area contributed by atoms with Crippen molar-refractivity contribution in [3.63, 3.8) is 0 Å². The molecule has 7 heteroatoms. The van der Waals surface area contributed by atoms with Crippen LogP contribution in [0, 0.1) is 17.8 Å². The summed E-state index contributed by atoms with van der Waals surface area (Å²) in [6, 6.07) is 9.84. The number of aliphatic hydroxyl groups is 1. The Balaban J connectivity index is 1.26. The lowest BCUT2D eigenvalue weighted by molar-refractivity contribution is 0.0968. The molecule has 0 aliphatic heterocycles. The number of aromatic hydroxyl groups is 1. The van der Waals surface area contributed by atoms with Crippen LogP contribution in [-0.2, 0) is 0 Å². The zero-order valence-corrected chi connectivity index (χ0v) is 24.6. The van der Waals surface area contributed by atoms with Crippen molar-refractivity contribution in [1.82, 2.24) is 4.98 Å². The summed E-state index contributed by atoms with van der Waals surface area (Å²) in [7, 11) is 1.51. The van der Waals surface area contributed by atoms with Crippen molar-refractivity contribution in [2.24, 2.45) is 17.8 Å². The number of carbonyl (C=O) groups excluding carboxylic acids is 1. The average Bonchev–Trinajstić information content (AvgIpc) is 3.84. The molecule has 0 bridgehead atoms. The molecule has 218 valence electrons. The van der Waals surface area contributed by atoms with Crippen molar-refractivity contribution in [2.45, 2.75) is 89.2 Å². The van der Waals surface area contributed by atoms with Crippen molar-refractivity contribution in [1.29, 1.82) is 0 Å². The van der Waals surface area contributed by atoms with E-state index in [9.17, 15) is 15.0 Å². The van der Waals surface area contributed by atoms with Gasteiger partial charge >= 0.3 is 0 Å². The molecule has 2 aromatic carbocycles. The van der Waals surface area contributed by atoms with E-state index in [0.717, 1.165) is 72.7 Å². The average molecular weight is 577 g/mol. The summed E-state index contributed by atoms with van der Waals surface area (Å²) < 4.78 is 5.34. The number of methoxy groups -OCH3 is 1. The van der Waals surface area contributed by atoms with Crippen molar-refractivity contribution in [3.05, 3.63) is 47.1 Å². The van der Waals surface area contributed by atoms with Gasteiger partial charge in [0.25, 0.3) is 0 Å². The number of carbonyl (C=O) groups is 1. The highest BCUT2D eigenvalue weighted by Crippen LogP contribution is 2.42. The van der Waals surface area contributed by atoms with Gasteiger partial charge in [-0.15, -0.1) is 0 Å². The third-order valence-corrected chi connectivity index (χ3v) is 9.82. The summed E-state index contributed by atoms with van der Waals surface area (Å²) in [5.41, 5.74) is 4.14. The van der Waals surface area contributed by atoms with E-state index in [1.807, 2.05) is 12.1 Å². The number of aromatic nitrogens is 1. The fourth-order valence-electron chi connectivity index (χ4n) is 7.04. The lowest BCUT2D eigenvalue weighted by atomic mass is 9.78. The van der Waals surface area contributed by atoms with E-state index in [0.29, 0.717) is 29.2 Å². The predicted octanol–water partition coefficient (Wildman–Crippen LogP) is 8.16. The van der Waals surface area contributed by atoms with Gasteiger partial charge in [0.15, 0.2) is 17.3 Å². The van der Waals surface area contributed by atoms with Gasteiger partial charge in [-0.2, -0.15) is 0 Å². The fourth-order valence-corrected chi connectivity index (χ4v) is 7.25. The Morgan fingerprint density at radius 3 is 2.54 bits per heavy atom. The normalized spacial score (nSPS) is 25.0. The van der Waals surface area contributed by atoms with E-state index < -0.39 is 0 Å². The van der Waals surface area contributed by atoms with E-state index in [1.165, 1.54) is 39.2 Å². The van der Waals surface area contributed by atoms with E-state index in [4.69, 9.17) is 16.3 Å². The van der Waals surface area contributed by atoms with Gasteiger partial charge in [0, 0.05) is 23.5 Å². The Bertz CT molecular complexity index is 1410. The second-order valence-corrected chi connectivity index (χ2v) is 13.0. The number of hydrogen-bond acceptors (Lipinski definition) is 6. The molecule has 3 aliphatic rings. The molecule has 1 aromatic heterocycles. The lowest BCUT2D eigenvalue weighted by Gasteiger charge is -2.32. The predicted molar refractivity (Wildman–Crippen MR) is 164 cm³/mol. The Morgan fingerprint density at radius 1 is 1.00 bits per heavy atom. The topological polar surface area (TPSA) is 91.7 Å². The van der Waals surface area contributed by atoms with Gasteiger partial charge in [-0.1, -0.05) is 36.9 Å². The standard InChI is InChI=1S/C34H41ClN2O4/c1-41-31-18-24(17-29(35)34(31)40)23-10-13-30-27(16-23)32(28(19-36-30)33(39)22-8-9-22)37-25-11-6-20(7-12-25)14-21-4-2-3-5-26(38)15-21/h10,13,16-22,25-26,38,40H,2-9,11-12,14-15H2,1H3,(H,36,37). The highest BCUT2D eigenvalue weighted by molar-refractivity contribution is 6.32. The summed E-state index contributed by atoms with van der Waals surface area (Å²) in [4.78, 5) is 18.1. The second kappa shape index (κ2) is 12.2. The molecule has 3 aromatic rings. The number of phenolic OH excluding ortho intramolecular Hbond substituents is 1. The molecule has 1 heterocycles. The van der Waals surface area contributed by atoms with Gasteiger partial charge in [-0.25, -0.2) is 0 Å². The SMILES string of the molecule is COc1cc(-c2ccc3ncc(C(=O)C4CC4)c(NC4CCC(CC5CCCCC(O)C5)CC4)c3c2)cc(Cl)c1O. The molecule has 0 saturated heterocycles. The zero-order chi connectivity index (χ0) is 28.5. The highest BCUT2D eigenvalue weighted by Gasteiger charge is 2.33. The molecule has 3 fully saturated rings. The molecular formula is C34H41ClN2O4. The van der Waals surface area contributed by atoms with Crippen LogP contribution in [0.25, 0.3) is 22.0 Å². The Kier molecular flexibility index (Phi) is 8.41. The molecule has 2 unspecified atom stereocenters. The molecular weight excluding hydrogens is 536 g/mol. The molecule has 3 N–H and O–H groups in total. The summed E-state index contributed by atoms with van der Waals surface area (Å²) in [6.45, 7) is 0. The van der Waals surface area contributed by atoms with Crippen molar-refractivity contribution in [3.8, 4) is 22.6 Å². The van der Waals surface area contributed by atoms with Crippen LogP contribution in [-0.4, -0.2) is 40.2 Å². The van der Waals surface area contributed by atoms with E-state index in [-0.39, 0.29) is 28.6 Å². The quantitative estimate of drug-likeness (QED) is 0.185. The first kappa shape index (κ1) is 28.3. The van der Waals surface area contributed by atoms with Crippen LogP contribution in [0.3, 0.4) is 0 Å². The first-order valence-corrected chi connectivity index (χ1v) is 15.8. The number of anilines is 1. The molecule has 6 rings (SSSR count). The van der Waals surface area contributed by atoms with Crippen molar-refractivity contribution >= 4 is 34.0 Å². The highest BCUT2D eigenvalue weighted by atomic mass is 35.5. The number of ether oxygens (including phenoxy) is 1. The summed E-state index contributed by atoms with van der Waals surface area (Å²) in [5, 5.41) is 25.5. The van der Waals surface area contributed by atoms with Crippen LogP contribution < -0.4 is 10.1 Å². The van der Waals surface area contributed by atoms with Gasteiger partial charge in [0.1, 0.15) is 0 Å². The first-order chi connectivity index (χ1) is 19.9. The van der Waals surface area contributed by atoms with E-state index in [2.05, 4.69) is 16.4 Å². The number of Topliss-reactive ketones (excluding diaryl/α,β-unsaturated/α-hetero) is 1. The fraction of sp³-hybridized carbons (Fsp3) is 0.529. The van der Waals surface area contributed by atoms with Gasteiger partial charge in [-0.3, -0.25) is 9.78 Å². The minimum atomic E-state index is -0.119. The minimum absolute atomic E-state index is 0.0779. The summed E-state index contributed by atoms with van der Waals surface area (Å²) >= 11 is 6.31. The van der Waals surface area contributed by atoms with Gasteiger partial charge in [-0.05, 0) is 105 Å². The van der Waals surface area contributed by atoms with E-state index >= 15 is 0 Å². The number of benzene rings is 2. The number of pyridine rings is 1. The van der Waals surface area contributed by atoms with Gasteiger partial charge in [0.05, 0.1) is 35.0 Å². The van der Waals surface area contributed by atoms with Gasteiger partial charge < -0.3 is 20.3 Å². The number of rotatable bonds is 8. The number of hydrogen-bond donors (Lipinski definition) is 3. The van der Waals surface area contributed by atoms with Crippen LogP contribution in [0.4, 0.5) is 5.69 Å². The maximum Gasteiger partial charge on any atom is 0.176 e. The largest absolute Gasteiger partial charge is 0.503 e. The molecule has 2 atom stereocenters. The van der Waals surface area contributed by atoms with Crippen LogP contribution in [0.5, 0.6) is 11.5 Å². The number of aliphatic hydroxyl groups excluding tert-OH is 1. The minimum Gasteiger partial charge on any atom is -0.503 e. The third kappa shape index (κ3) is 6.34. The molecule has 0 spiro atoms.